The van der Waals surface area contributed by atoms with E-state index in [0.29, 0.717) is 23.8 Å². The quantitative estimate of drug-likeness (QED) is 0.475. The summed E-state index contributed by atoms with van der Waals surface area (Å²) in [6, 6.07) is 21.3. The van der Waals surface area contributed by atoms with Gasteiger partial charge in [0.15, 0.2) is 0 Å². The molecule has 0 spiro atoms. The number of nitrogens with one attached hydrogen (secondary N) is 1. The highest BCUT2D eigenvalue weighted by Crippen LogP contribution is 2.32. The van der Waals surface area contributed by atoms with Crippen LogP contribution in [0.3, 0.4) is 0 Å². The Labute approximate surface area is 185 Å². The molecule has 31 heavy (non-hydrogen) atoms. The van der Waals surface area contributed by atoms with Crippen molar-refractivity contribution >= 4 is 5.91 Å². The maximum Gasteiger partial charge on any atom is 0.251 e. The number of methoxy groups -OCH3 is 1. The van der Waals surface area contributed by atoms with Crippen molar-refractivity contribution < 1.29 is 14.3 Å². The summed E-state index contributed by atoms with van der Waals surface area (Å²) < 4.78 is 11.4. The Bertz CT molecular complexity index is 1030. The summed E-state index contributed by atoms with van der Waals surface area (Å²) in [6.07, 6.45) is 0. The lowest BCUT2D eigenvalue weighted by Crippen LogP contribution is -2.27. The summed E-state index contributed by atoms with van der Waals surface area (Å²) in [5.74, 6) is 1.76. The van der Waals surface area contributed by atoms with E-state index in [0.717, 1.165) is 28.0 Å². The second-order valence-corrected chi connectivity index (χ2v) is 8.10. The number of hydrogen-bond acceptors (Lipinski definition) is 3. The van der Waals surface area contributed by atoms with Crippen LogP contribution in [-0.2, 0) is 6.61 Å². The zero-order valence-electron chi connectivity index (χ0n) is 18.9. The van der Waals surface area contributed by atoms with E-state index < -0.39 is 0 Å². The van der Waals surface area contributed by atoms with Gasteiger partial charge in [0.2, 0.25) is 0 Å². The van der Waals surface area contributed by atoms with Crippen LogP contribution in [0.15, 0.2) is 66.7 Å². The van der Waals surface area contributed by atoms with Gasteiger partial charge in [-0.25, -0.2) is 0 Å². The molecule has 0 bridgehead atoms. The minimum absolute atomic E-state index is 0.126. The molecule has 1 N–H and O–H groups in total. The number of carbonyl (C=O) groups is 1. The van der Waals surface area contributed by atoms with Gasteiger partial charge in [-0.15, -0.1) is 0 Å². The average molecular weight is 418 g/mol. The van der Waals surface area contributed by atoms with Gasteiger partial charge in [-0.05, 0) is 72.4 Å². The molecular weight excluding hydrogens is 386 g/mol. The van der Waals surface area contributed by atoms with Gasteiger partial charge in [0.25, 0.3) is 5.91 Å². The molecule has 4 heteroatoms. The van der Waals surface area contributed by atoms with E-state index >= 15 is 0 Å². The summed E-state index contributed by atoms with van der Waals surface area (Å²) >= 11 is 0. The van der Waals surface area contributed by atoms with Gasteiger partial charge in [-0.3, -0.25) is 4.79 Å². The lowest BCUT2D eigenvalue weighted by Gasteiger charge is -2.21. The monoisotopic (exact) mass is 417 g/mol. The van der Waals surface area contributed by atoms with Crippen molar-refractivity contribution in [2.75, 3.05) is 7.11 Å². The first kappa shape index (κ1) is 22.4. The number of benzene rings is 3. The molecule has 1 amide bonds. The van der Waals surface area contributed by atoms with E-state index in [4.69, 9.17) is 9.47 Å². The van der Waals surface area contributed by atoms with E-state index in [1.54, 1.807) is 19.2 Å². The van der Waals surface area contributed by atoms with Crippen molar-refractivity contribution in [1.29, 1.82) is 0 Å². The molecule has 0 radical (unpaired) electrons. The molecule has 0 aliphatic heterocycles. The fourth-order valence-electron chi connectivity index (χ4n) is 3.64. The van der Waals surface area contributed by atoms with Crippen LogP contribution >= 0.6 is 0 Å². The molecule has 0 fully saturated rings. The summed E-state index contributed by atoms with van der Waals surface area (Å²) in [5.41, 5.74) is 4.98. The van der Waals surface area contributed by atoms with Crippen LogP contribution in [0, 0.1) is 6.92 Å². The van der Waals surface area contributed by atoms with Gasteiger partial charge >= 0.3 is 0 Å². The van der Waals surface area contributed by atoms with Crippen LogP contribution in [-0.4, -0.2) is 13.0 Å². The van der Waals surface area contributed by atoms with Gasteiger partial charge in [0.1, 0.15) is 18.1 Å². The average Bonchev–Trinajstić information content (AvgIpc) is 2.78. The number of carbonyl (C=O) groups excluding carboxylic acids is 1. The molecule has 0 heterocycles. The lowest BCUT2D eigenvalue weighted by molar-refractivity contribution is 0.0939. The van der Waals surface area contributed by atoms with Crippen LogP contribution in [0.2, 0.25) is 0 Å². The predicted molar refractivity (Wildman–Crippen MR) is 125 cm³/mol. The van der Waals surface area contributed by atoms with Gasteiger partial charge in [-0.1, -0.05) is 50.2 Å². The summed E-state index contributed by atoms with van der Waals surface area (Å²) in [6.45, 7) is 8.79. The first-order valence-corrected chi connectivity index (χ1v) is 10.6. The normalized spacial score (nSPS) is 11.8. The van der Waals surface area contributed by atoms with Crippen molar-refractivity contribution in [2.45, 2.75) is 46.3 Å². The third-order valence-corrected chi connectivity index (χ3v) is 5.40. The minimum Gasteiger partial charge on any atom is -0.496 e. The van der Waals surface area contributed by atoms with Crippen LogP contribution in [0.25, 0.3) is 0 Å². The number of aryl methyl sites for hydroxylation is 1. The zero-order valence-corrected chi connectivity index (χ0v) is 18.9. The Hall–Kier alpha value is -3.27. The summed E-state index contributed by atoms with van der Waals surface area (Å²) in [4.78, 5) is 12.9. The Morgan fingerprint density at radius 1 is 0.935 bits per heavy atom. The smallest absolute Gasteiger partial charge is 0.251 e. The van der Waals surface area contributed by atoms with Crippen LogP contribution in [0.4, 0.5) is 0 Å². The SMILES string of the molecule is COc1cc(C)c(C(C)NC(=O)c2cccc(OCc3ccccc3)c2)cc1C(C)C. The lowest BCUT2D eigenvalue weighted by atomic mass is 9.93. The minimum atomic E-state index is -0.134. The molecule has 3 aromatic carbocycles. The molecule has 4 nitrogen and oxygen atoms in total. The van der Waals surface area contributed by atoms with Crippen molar-refractivity contribution in [3.05, 3.63) is 94.5 Å². The topological polar surface area (TPSA) is 47.6 Å². The maximum atomic E-state index is 12.9. The Morgan fingerprint density at radius 2 is 1.68 bits per heavy atom. The van der Waals surface area contributed by atoms with E-state index in [1.807, 2.05) is 62.4 Å². The molecule has 3 rings (SSSR count). The highest BCUT2D eigenvalue weighted by molar-refractivity contribution is 5.94. The van der Waals surface area contributed by atoms with E-state index in [1.165, 1.54) is 0 Å². The standard InChI is InChI=1S/C27H31NO3/c1-18(2)24-16-25(19(3)14-26(24)30-5)20(4)28-27(29)22-12-9-13-23(15-22)31-17-21-10-7-6-8-11-21/h6-16,18,20H,17H2,1-5H3,(H,28,29). The second-order valence-electron chi connectivity index (χ2n) is 8.10. The van der Waals surface area contributed by atoms with Gasteiger partial charge in [0, 0.05) is 5.56 Å². The first-order chi connectivity index (χ1) is 14.9. The molecule has 0 saturated carbocycles. The van der Waals surface area contributed by atoms with E-state index in [-0.39, 0.29) is 11.9 Å². The molecule has 1 atom stereocenters. The highest BCUT2D eigenvalue weighted by atomic mass is 16.5. The third kappa shape index (κ3) is 5.66. The molecule has 0 aliphatic rings. The Kier molecular flexibility index (Phi) is 7.35. The van der Waals surface area contributed by atoms with E-state index in [9.17, 15) is 4.79 Å². The number of rotatable bonds is 8. The molecule has 162 valence electrons. The number of hydrogen-bond donors (Lipinski definition) is 1. The van der Waals surface area contributed by atoms with Crippen LogP contribution < -0.4 is 14.8 Å². The Balaban J connectivity index is 1.72. The number of amides is 1. The second kappa shape index (κ2) is 10.2. The Morgan fingerprint density at radius 3 is 2.35 bits per heavy atom. The van der Waals surface area contributed by atoms with E-state index in [2.05, 4.69) is 25.2 Å². The summed E-state index contributed by atoms with van der Waals surface area (Å²) in [5, 5.41) is 3.12. The third-order valence-electron chi connectivity index (χ3n) is 5.40. The molecule has 3 aromatic rings. The van der Waals surface area contributed by atoms with Crippen molar-refractivity contribution in [2.24, 2.45) is 0 Å². The molecular formula is C27H31NO3. The largest absolute Gasteiger partial charge is 0.496 e. The van der Waals surface area contributed by atoms with Crippen molar-refractivity contribution in [3.8, 4) is 11.5 Å². The summed E-state index contributed by atoms with van der Waals surface area (Å²) in [7, 11) is 1.69. The highest BCUT2D eigenvalue weighted by Gasteiger charge is 2.17. The molecule has 0 saturated heterocycles. The van der Waals surface area contributed by atoms with Crippen molar-refractivity contribution in [3.63, 3.8) is 0 Å². The van der Waals surface area contributed by atoms with Crippen LogP contribution in [0.1, 0.15) is 65.3 Å². The zero-order chi connectivity index (χ0) is 22.4. The molecule has 1 unspecified atom stereocenters. The fourth-order valence-corrected chi connectivity index (χ4v) is 3.64. The van der Waals surface area contributed by atoms with Crippen molar-refractivity contribution in [1.82, 2.24) is 5.32 Å². The number of ether oxygens (including phenoxy) is 2. The fraction of sp³-hybridized carbons (Fsp3) is 0.296. The first-order valence-electron chi connectivity index (χ1n) is 10.6. The van der Waals surface area contributed by atoms with Gasteiger partial charge in [0.05, 0.1) is 13.2 Å². The molecule has 0 aromatic heterocycles. The maximum absolute atomic E-state index is 12.9. The van der Waals surface area contributed by atoms with Gasteiger partial charge in [-0.2, -0.15) is 0 Å². The predicted octanol–water partition coefficient (Wildman–Crippen LogP) is 6.20. The van der Waals surface area contributed by atoms with Gasteiger partial charge < -0.3 is 14.8 Å². The molecule has 0 aliphatic carbocycles. The van der Waals surface area contributed by atoms with Crippen LogP contribution in [0.5, 0.6) is 11.5 Å².